The maximum absolute atomic E-state index is 12.6. The van der Waals surface area contributed by atoms with E-state index in [0.29, 0.717) is 22.2 Å². The highest BCUT2D eigenvalue weighted by atomic mass is 79.9. The van der Waals surface area contributed by atoms with Crippen LogP contribution in [-0.2, 0) is 6.18 Å². The highest BCUT2D eigenvalue weighted by Gasteiger charge is 2.29. The molecular weight excluding hydrogens is 411 g/mol. The Morgan fingerprint density at radius 2 is 1.73 bits per heavy atom. The van der Waals surface area contributed by atoms with Crippen LogP contribution < -0.4 is 0 Å². The standard InChI is InChI=1S/C19H11BrF3NO2/c20-13-6-8-17-15(9-13)16(18(25)26)10-14(24-17)7-3-11-1-4-12(5-2-11)19(21,22)23/h1-10H,(H,25,26). The zero-order valence-corrected chi connectivity index (χ0v) is 14.7. The molecule has 0 aliphatic carbocycles. The fraction of sp³-hybridized carbons (Fsp3) is 0.0526. The van der Waals surface area contributed by atoms with Crippen molar-refractivity contribution in [3.05, 3.63) is 75.4 Å². The second-order valence-corrected chi connectivity index (χ2v) is 6.43. The summed E-state index contributed by atoms with van der Waals surface area (Å²) >= 11 is 3.30. The molecule has 1 N–H and O–H groups in total. The molecule has 26 heavy (non-hydrogen) atoms. The molecule has 1 aromatic heterocycles. The van der Waals surface area contributed by atoms with Crippen LogP contribution in [0.15, 0.2) is 53.0 Å². The molecule has 2 aromatic carbocycles. The van der Waals surface area contributed by atoms with Crippen LogP contribution in [0.25, 0.3) is 23.1 Å². The normalized spacial score (nSPS) is 12.0. The molecule has 0 bridgehead atoms. The lowest BCUT2D eigenvalue weighted by molar-refractivity contribution is -0.137. The van der Waals surface area contributed by atoms with E-state index in [2.05, 4.69) is 20.9 Å². The predicted octanol–water partition coefficient (Wildman–Crippen LogP) is 5.88. The van der Waals surface area contributed by atoms with Crippen LogP contribution in [0, 0.1) is 0 Å². The molecule has 132 valence electrons. The summed E-state index contributed by atoms with van der Waals surface area (Å²) in [5.74, 6) is -1.08. The summed E-state index contributed by atoms with van der Waals surface area (Å²) < 4.78 is 38.5. The average Bonchev–Trinajstić information content (AvgIpc) is 2.59. The number of rotatable bonds is 3. The minimum atomic E-state index is -4.38. The largest absolute Gasteiger partial charge is 0.478 e. The molecule has 0 radical (unpaired) electrons. The molecular formula is C19H11BrF3NO2. The Hall–Kier alpha value is -2.67. The molecule has 7 heteroatoms. The van der Waals surface area contributed by atoms with E-state index in [1.807, 2.05) is 0 Å². The van der Waals surface area contributed by atoms with Crippen molar-refractivity contribution in [1.82, 2.24) is 4.98 Å². The first kappa shape index (κ1) is 18.1. The third-order valence-corrected chi connectivity index (χ3v) is 4.20. The number of carboxylic acids is 1. The van der Waals surface area contributed by atoms with Gasteiger partial charge in [-0.3, -0.25) is 0 Å². The summed E-state index contributed by atoms with van der Waals surface area (Å²) in [5, 5.41) is 9.92. The van der Waals surface area contributed by atoms with Crippen molar-refractivity contribution in [1.29, 1.82) is 0 Å². The number of aromatic nitrogens is 1. The summed E-state index contributed by atoms with van der Waals surface area (Å²) in [7, 11) is 0. The summed E-state index contributed by atoms with van der Waals surface area (Å²) in [6.45, 7) is 0. The molecule has 3 aromatic rings. The van der Waals surface area contributed by atoms with Crippen LogP contribution in [0.4, 0.5) is 13.2 Å². The molecule has 1 heterocycles. The van der Waals surface area contributed by atoms with Crippen LogP contribution in [0.1, 0.15) is 27.2 Å². The summed E-state index contributed by atoms with van der Waals surface area (Å²) in [6.07, 6.45) is -1.23. The van der Waals surface area contributed by atoms with E-state index in [1.54, 1.807) is 30.4 Å². The SMILES string of the molecule is O=C(O)c1cc(C=Cc2ccc(C(F)(F)F)cc2)nc2ccc(Br)cc12. The Bertz CT molecular complexity index is 1010. The van der Waals surface area contributed by atoms with E-state index in [4.69, 9.17) is 0 Å². The Kier molecular flexibility index (Phi) is 4.82. The number of carbonyl (C=O) groups is 1. The van der Waals surface area contributed by atoms with Crippen LogP contribution >= 0.6 is 15.9 Å². The number of carboxylic acid groups (broad SMARTS) is 1. The highest BCUT2D eigenvalue weighted by Crippen LogP contribution is 2.29. The van der Waals surface area contributed by atoms with Crippen LogP contribution in [0.5, 0.6) is 0 Å². The lowest BCUT2D eigenvalue weighted by Gasteiger charge is -2.06. The zero-order chi connectivity index (χ0) is 18.9. The Labute approximate surface area is 154 Å². The number of hydrogen-bond donors (Lipinski definition) is 1. The van der Waals surface area contributed by atoms with E-state index in [-0.39, 0.29) is 5.56 Å². The van der Waals surface area contributed by atoms with Gasteiger partial charge in [0.15, 0.2) is 0 Å². The molecule has 0 atom stereocenters. The van der Waals surface area contributed by atoms with E-state index < -0.39 is 17.7 Å². The maximum atomic E-state index is 12.6. The fourth-order valence-electron chi connectivity index (χ4n) is 2.45. The smallest absolute Gasteiger partial charge is 0.416 e. The number of pyridine rings is 1. The van der Waals surface area contributed by atoms with Crippen LogP contribution in [0.3, 0.4) is 0 Å². The second kappa shape index (κ2) is 6.92. The van der Waals surface area contributed by atoms with Gasteiger partial charge in [0.05, 0.1) is 22.3 Å². The number of hydrogen-bond acceptors (Lipinski definition) is 2. The first-order valence-electron chi connectivity index (χ1n) is 7.43. The number of alkyl halides is 3. The van der Waals surface area contributed by atoms with E-state index in [0.717, 1.165) is 16.6 Å². The number of fused-ring (bicyclic) bond motifs is 1. The molecule has 0 saturated heterocycles. The fourth-order valence-corrected chi connectivity index (χ4v) is 2.81. The number of nitrogens with zero attached hydrogens (tertiary/aromatic N) is 1. The van der Waals surface area contributed by atoms with Gasteiger partial charge in [-0.05, 0) is 48.0 Å². The van der Waals surface area contributed by atoms with Crippen LogP contribution in [0.2, 0.25) is 0 Å². The average molecular weight is 422 g/mol. The van der Waals surface area contributed by atoms with Gasteiger partial charge in [0.1, 0.15) is 0 Å². The summed E-state index contributed by atoms with van der Waals surface area (Å²) in [5.41, 5.74) is 0.838. The number of benzene rings is 2. The Balaban J connectivity index is 1.97. The molecule has 0 aliphatic rings. The zero-order valence-electron chi connectivity index (χ0n) is 13.1. The summed E-state index contributed by atoms with van der Waals surface area (Å²) in [4.78, 5) is 15.9. The first-order valence-corrected chi connectivity index (χ1v) is 8.22. The van der Waals surface area contributed by atoms with Crippen LogP contribution in [-0.4, -0.2) is 16.1 Å². The van der Waals surface area contributed by atoms with Crippen molar-refractivity contribution in [2.24, 2.45) is 0 Å². The molecule has 0 saturated carbocycles. The van der Waals surface area contributed by atoms with E-state index in [9.17, 15) is 23.1 Å². The van der Waals surface area contributed by atoms with Gasteiger partial charge in [-0.1, -0.05) is 34.1 Å². The van der Waals surface area contributed by atoms with Gasteiger partial charge in [0, 0.05) is 9.86 Å². The quantitative estimate of drug-likeness (QED) is 0.573. The van der Waals surface area contributed by atoms with Crippen molar-refractivity contribution in [3.8, 4) is 0 Å². The van der Waals surface area contributed by atoms with Gasteiger partial charge < -0.3 is 5.11 Å². The van der Waals surface area contributed by atoms with Gasteiger partial charge in [0.25, 0.3) is 0 Å². The van der Waals surface area contributed by atoms with Crippen molar-refractivity contribution >= 4 is 45.0 Å². The molecule has 0 aliphatic heterocycles. The first-order chi connectivity index (χ1) is 12.2. The van der Waals surface area contributed by atoms with Gasteiger partial charge in [-0.2, -0.15) is 13.2 Å². The minimum absolute atomic E-state index is 0.100. The lowest BCUT2D eigenvalue weighted by atomic mass is 10.1. The van der Waals surface area contributed by atoms with E-state index >= 15 is 0 Å². The van der Waals surface area contributed by atoms with Gasteiger partial charge in [-0.15, -0.1) is 0 Å². The molecule has 3 nitrogen and oxygen atoms in total. The summed E-state index contributed by atoms with van der Waals surface area (Å²) in [6, 6.07) is 11.2. The lowest BCUT2D eigenvalue weighted by Crippen LogP contribution is -2.03. The Morgan fingerprint density at radius 3 is 2.35 bits per heavy atom. The minimum Gasteiger partial charge on any atom is -0.478 e. The van der Waals surface area contributed by atoms with Gasteiger partial charge >= 0.3 is 12.1 Å². The van der Waals surface area contributed by atoms with Gasteiger partial charge in [0.2, 0.25) is 0 Å². The molecule has 0 spiro atoms. The monoisotopic (exact) mass is 421 g/mol. The molecule has 0 fully saturated rings. The molecule has 0 amide bonds. The molecule has 0 unspecified atom stereocenters. The molecule has 3 rings (SSSR count). The predicted molar refractivity (Wildman–Crippen MR) is 96.8 cm³/mol. The highest BCUT2D eigenvalue weighted by molar-refractivity contribution is 9.10. The number of halogens is 4. The third kappa shape index (κ3) is 3.94. The third-order valence-electron chi connectivity index (χ3n) is 3.71. The van der Waals surface area contributed by atoms with Crippen molar-refractivity contribution < 1.29 is 23.1 Å². The van der Waals surface area contributed by atoms with Crippen molar-refractivity contribution in [2.45, 2.75) is 6.18 Å². The van der Waals surface area contributed by atoms with Crippen molar-refractivity contribution in [2.75, 3.05) is 0 Å². The maximum Gasteiger partial charge on any atom is 0.416 e. The number of aromatic carboxylic acids is 1. The Morgan fingerprint density at radius 1 is 1.04 bits per heavy atom. The second-order valence-electron chi connectivity index (χ2n) is 5.51. The topological polar surface area (TPSA) is 50.2 Å². The van der Waals surface area contributed by atoms with Gasteiger partial charge in [-0.25, -0.2) is 9.78 Å². The van der Waals surface area contributed by atoms with E-state index in [1.165, 1.54) is 18.2 Å². The van der Waals surface area contributed by atoms with Crippen molar-refractivity contribution in [3.63, 3.8) is 0 Å².